The summed E-state index contributed by atoms with van der Waals surface area (Å²) >= 11 is 0. The zero-order valence-corrected chi connectivity index (χ0v) is 8.97. The molecule has 0 amide bonds. The summed E-state index contributed by atoms with van der Waals surface area (Å²) in [5.74, 6) is 0.847. The molecule has 0 saturated heterocycles. The second kappa shape index (κ2) is 4.14. The van der Waals surface area contributed by atoms with Crippen LogP contribution in [0.3, 0.4) is 0 Å². The van der Waals surface area contributed by atoms with E-state index in [1.165, 1.54) is 0 Å². The third-order valence-electron chi connectivity index (χ3n) is 2.45. The first-order valence-corrected chi connectivity index (χ1v) is 4.95. The molecule has 0 heterocycles. The Morgan fingerprint density at radius 3 is 2.50 bits per heavy atom. The Bertz CT molecular complexity index is 489. The first kappa shape index (κ1) is 10.4. The summed E-state index contributed by atoms with van der Waals surface area (Å²) in [4.78, 5) is 0. The molecule has 3 nitrogen and oxygen atoms in total. The molecule has 2 rings (SSSR count). The van der Waals surface area contributed by atoms with Crippen LogP contribution in [0.4, 0.5) is 5.69 Å². The second-order valence-electron chi connectivity index (χ2n) is 3.44. The lowest BCUT2D eigenvalue weighted by atomic mass is 10.0. The molecule has 0 radical (unpaired) electrons. The number of aromatic hydroxyl groups is 1. The molecular weight excluding hydrogens is 202 g/mol. The van der Waals surface area contributed by atoms with Crippen molar-refractivity contribution >= 4 is 5.69 Å². The van der Waals surface area contributed by atoms with Crippen molar-refractivity contribution in [3.63, 3.8) is 0 Å². The van der Waals surface area contributed by atoms with Gasteiger partial charge in [0.25, 0.3) is 0 Å². The van der Waals surface area contributed by atoms with Gasteiger partial charge in [0.1, 0.15) is 11.5 Å². The molecule has 0 unspecified atom stereocenters. The van der Waals surface area contributed by atoms with E-state index in [1.54, 1.807) is 25.3 Å². The number of phenolic OH excluding ortho intramolecular Hbond substituents is 1. The van der Waals surface area contributed by atoms with Crippen molar-refractivity contribution in [2.45, 2.75) is 0 Å². The Hall–Kier alpha value is -2.16. The molecule has 3 N–H and O–H groups in total. The van der Waals surface area contributed by atoms with Crippen molar-refractivity contribution in [3.05, 3.63) is 42.5 Å². The van der Waals surface area contributed by atoms with Crippen LogP contribution in [-0.2, 0) is 0 Å². The molecule has 0 aliphatic rings. The smallest absolute Gasteiger partial charge is 0.126 e. The van der Waals surface area contributed by atoms with Gasteiger partial charge in [-0.2, -0.15) is 0 Å². The molecule has 0 atom stereocenters. The SMILES string of the molecule is COc1ccccc1-c1c(N)cccc1O. The van der Waals surface area contributed by atoms with E-state index in [1.807, 2.05) is 24.3 Å². The van der Waals surface area contributed by atoms with Crippen LogP contribution in [0.2, 0.25) is 0 Å². The number of hydrogen-bond donors (Lipinski definition) is 2. The van der Waals surface area contributed by atoms with E-state index < -0.39 is 0 Å². The quantitative estimate of drug-likeness (QED) is 0.757. The average Bonchev–Trinajstić information content (AvgIpc) is 2.29. The molecule has 0 bridgehead atoms. The van der Waals surface area contributed by atoms with Crippen molar-refractivity contribution < 1.29 is 9.84 Å². The van der Waals surface area contributed by atoms with Crippen molar-refractivity contribution in [2.75, 3.05) is 12.8 Å². The number of nitrogen functional groups attached to an aromatic ring is 1. The summed E-state index contributed by atoms with van der Waals surface area (Å²) in [6.45, 7) is 0. The minimum absolute atomic E-state index is 0.157. The van der Waals surface area contributed by atoms with Gasteiger partial charge in [0.2, 0.25) is 0 Å². The van der Waals surface area contributed by atoms with Gasteiger partial charge in [-0.15, -0.1) is 0 Å². The van der Waals surface area contributed by atoms with Crippen molar-refractivity contribution in [3.8, 4) is 22.6 Å². The van der Waals surface area contributed by atoms with Gasteiger partial charge in [-0.1, -0.05) is 24.3 Å². The normalized spacial score (nSPS) is 10.1. The number of hydrogen-bond acceptors (Lipinski definition) is 3. The highest BCUT2D eigenvalue weighted by Crippen LogP contribution is 2.39. The van der Waals surface area contributed by atoms with Gasteiger partial charge in [-0.05, 0) is 18.2 Å². The summed E-state index contributed by atoms with van der Waals surface area (Å²) in [5, 5.41) is 9.83. The number of para-hydroxylation sites is 1. The van der Waals surface area contributed by atoms with Crippen LogP contribution in [0.25, 0.3) is 11.1 Å². The first-order valence-electron chi connectivity index (χ1n) is 4.95. The molecule has 82 valence electrons. The maximum atomic E-state index is 9.83. The van der Waals surface area contributed by atoms with Crippen LogP contribution >= 0.6 is 0 Å². The summed E-state index contributed by atoms with van der Waals surface area (Å²) in [5.41, 5.74) is 7.80. The van der Waals surface area contributed by atoms with Crippen LogP contribution in [-0.4, -0.2) is 12.2 Å². The van der Waals surface area contributed by atoms with Crippen LogP contribution in [0.1, 0.15) is 0 Å². The molecule has 2 aromatic rings. The minimum atomic E-state index is 0.157. The van der Waals surface area contributed by atoms with E-state index in [0.29, 0.717) is 17.0 Å². The minimum Gasteiger partial charge on any atom is -0.507 e. The average molecular weight is 215 g/mol. The summed E-state index contributed by atoms with van der Waals surface area (Å²) in [7, 11) is 1.59. The molecule has 0 fully saturated rings. The van der Waals surface area contributed by atoms with Crippen molar-refractivity contribution in [1.29, 1.82) is 0 Å². The lowest BCUT2D eigenvalue weighted by Gasteiger charge is -2.11. The maximum Gasteiger partial charge on any atom is 0.126 e. The Morgan fingerprint density at radius 2 is 1.81 bits per heavy atom. The number of nitrogens with two attached hydrogens (primary N) is 1. The van der Waals surface area contributed by atoms with Gasteiger partial charge in [-0.25, -0.2) is 0 Å². The topological polar surface area (TPSA) is 55.5 Å². The second-order valence-corrected chi connectivity index (χ2v) is 3.44. The predicted molar refractivity (Wildman–Crippen MR) is 64.5 cm³/mol. The van der Waals surface area contributed by atoms with Gasteiger partial charge in [0.05, 0.1) is 12.7 Å². The number of ether oxygens (including phenoxy) is 1. The van der Waals surface area contributed by atoms with Crippen LogP contribution < -0.4 is 10.5 Å². The molecule has 16 heavy (non-hydrogen) atoms. The van der Waals surface area contributed by atoms with Crippen molar-refractivity contribution in [1.82, 2.24) is 0 Å². The molecule has 0 aliphatic carbocycles. The van der Waals surface area contributed by atoms with E-state index in [0.717, 1.165) is 5.56 Å². The fraction of sp³-hybridized carbons (Fsp3) is 0.0769. The Kier molecular flexibility index (Phi) is 2.68. The van der Waals surface area contributed by atoms with Crippen LogP contribution in [0.15, 0.2) is 42.5 Å². The Morgan fingerprint density at radius 1 is 1.06 bits per heavy atom. The largest absolute Gasteiger partial charge is 0.507 e. The molecule has 0 spiro atoms. The molecule has 2 aromatic carbocycles. The van der Waals surface area contributed by atoms with Gasteiger partial charge in [0.15, 0.2) is 0 Å². The van der Waals surface area contributed by atoms with E-state index in [2.05, 4.69) is 0 Å². The molecular formula is C13H13NO2. The summed E-state index contributed by atoms with van der Waals surface area (Å²) in [6, 6.07) is 12.5. The monoisotopic (exact) mass is 215 g/mol. The van der Waals surface area contributed by atoms with E-state index >= 15 is 0 Å². The first-order chi connectivity index (χ1) is 7.74. The van der Waals surface area contributed by atoms with Gasteiger partial charge < -0.3 is 15.6 Å². The maximum absolute atomic E-state index is 9.83. The summed E-state index contributed by atoms with van der Waals surface area (Å²) in [6.07, 6.45) is 0. The highest BCUT2D eigenvalue weighted by Gasteiger charge is 2.11. The van der Waals surface area contributed by atoms with Crippen molar-refractivity contribution in [2.24, 2.45) is 0 Å². The fourth-order valence-electron chi connectivity index (χ4n) is 1.70. The summed E-state index contributed by atoms with van der Waals surface area (Å²) < 4.78 is 5.24. The molecule has 0 aliphatic heterocycles. The van der Waals surface area contributed by atoms with Crippen LogP contribution in [0, 0.1) is 0 Å². The zero-order chi connectivity index (χ0) is 11.5. The number of methoxy groups -OCH3 is 1. The third kappa shape index (κ3) is 1.67. The third-order valence-corrected chi connectivity index (χ3v) is 2.45. The molecule has 3 heteroatoms. The van der Waals surface area contributed by atoms with Gasteiger partial charge in [-0.3, -0.25) is 0 Å². The highest BCUT2D eigenvalue weighted by atomic mass is 16.5. The van der Waals surface area contributed by atoms with Gasteiger partial charge in [0, 0.05) is 11.3 Å². The standard InChI is InChI=1S/C13H13NO2/c1-16-12-8-3-2-5-9(12)13-10(14)6-4-7-11(13)15/h2-8,15H,14H2,1H3. The Labute approximate surface area is 94.1 Å². The van der Waals surface area contributed by atoms with E-state index in [-0.39, 0.29) is 5.75 Å². The molecule has 0 saturated carbocycles. The highest BCUT2D eigenvalue weighted by molar-refractivity contribution is 5.84. The number of phenols is 1. The lowest BCUT2D eigenvalue weighted by Crippen LogP contribution is -1.93. The lowest BCUT2D eigenvalue weighted by molar-refractivity contribution is 0.416. The predicted octanol–water partition coefficient (Wildman–Crippen LogP) is 2.65. The fourth-order valence-corrected chi connectivity index (χ4v) is 1.70. The molecule has 0 aromatic heterocycles. The Balaban J connectivity index is 2.67. The van der Waals surface area contributed by atoms with E-state index in [9.17, 15) is 5.11 Å². The zero-order valence-electron chi connectivity index (χ0n) is 8.97. The van der Waals surface area contributed by atoms with Gasteiger partial charge >= 0.3 is 0 Å². The number of rotatable bonds is 2. The van der Waals surface area contributed by atoms with Crippen LogP contribution in [0.5, 0.6) is 11.5 Å². The number of benzene rings is 2. The van der Waals surface area contributed by atoms with E-state index in [4.69, 9.17) is 10.5 Å². The number of anilines is 1.